The van der Waals surface area contributed by atoms with E-state index in [0.29, 0.717) is 36.5 Å². The molecule has 0 bridgehead atoms. The molecule has 0 N–H and O–H groups in total. The molecule has 3 rings (SSSR count). The zero-order valence-electron chi connectivity index (χ0n) is 13.0. The number of nitrogens with zero attached hydrogens (tertiary/aromatic N) is 3. The lowest BCUT2D eigenvalue weighted by Gasteiger charge is -2.31. The Bertz CT molecular complexity index is 841. The van der Waals surface area contributed by atoms with Crippen molar-refractivity contribution >= 4 is 27.3 Å². The highest BCUT2D eigenvalue weighted by Crippen LogP contribution is 2.26. The second-order valence-corrected chi connectivity index (χ2v) is 8.66. The Morgan fingerprint density at radius 1 is 1.25 bits per heavy atom. The van der Waals surface area contributed by atoms with Crippen LogP contribution in [0.5, 0.6) is 0 Å². The molecule has 24 heavy (non-hydrogen) atoms. The lowest BCUT2D eigenvalue weighted by Crippen LogP contribution is -2.42. The lowest BCUT2D eigenvalue weighted by atomic mass is 10.1. The summed E-state index contributed by atoms with van der Waals surface area (Å²) < 4.78 is 42.0. The van der Waals surface area contributed by atoms with Crippen LogP contribution < -0.4 is 0 Å². The highest BCUT2D eigenvalue weighted by molar-refractivity contribution is 7.92. The van der Waals surface area contributed by atoms with Gasteiger partial charge in [-0.15, -0.1) is 5.10 Å². The molecule has 1 amide bonds. The van der Waals surface area contributed by atoms with Crippen LogP contribution in [0.1, 0.15) is 28.2 Å². The number of benzene rings is 1. The van der Waals surface area contributed by atoms with E-state index < -0.39 is 20.9 Å². The third kappa shape index (κ3) is 3.18. The monoisotopic (exact) mass is 369 g/mol. The Labute approximate surface area is 143 Å². The van der Waals surface area contributed by atoms with Crippen LogP contribution in [0.25, 0.3) is 0 Å². The smallest absolute Gasteiger partial charge is 0.267 e. The third-order valence-corrected chi connectivity index (χ3v) is 7.25. The largest absolute Gasteiger partial charge is 0.338 e. The molecule has 0 radical (unpaired) electrons. The van der Waals surface area contributed by atoms with Crippen molar-refractivity contribution in [2.75, 3.05) is 13.1 Å². The summed E-state index contributed by atoms with van der Waals surface area (Å²) in [6.45, 7) is 2.45. The quantitative estimate of drug-likeness (QED) is 0.774. The van der Waals surface area contributed by atoms with Gasteiger partial charge in [0, 0.05) is 13.1 Å². The van der Waals surface area contributed by atoms with E-state index in [1.165, 1.54) is 12.1 Å². The average molecular weight is 369 g/mol. The summed E-state index contributed by atoms with van der Waals surface area (Å²) in [6, 6.07) is 4.86. The molecular formula is C15H16FN3O3S2. The molecule has 1 aromatic carbocycles. The van der Waals surface area contributed by atoms with E-state index in [2.05, 4.69) is 9.59 Å². The van der Waals surface area contributed by atoms with Crippen molar-refractivity contribution in [1.82, 2.24) is 14.5 Å². The predicted molar refractivity (Wildman–Crippen MR) is 87.2 cm³/mol. The Hall–Kier alpha value is -1.87. The summed E-state index contributed by atoms with van der Waals surface area (Å²) in [7, 11) is -3.52. The van der Waals surface area contributed by atoms with Gasteiger partial charge in [-0.1, -0.05) is 4.49 Å². The van der Waals surface area contributed by atoms with Gasteiger partial charge in [0.05, 0.1) is 15.8 Å². The highest BCUT2D eigenvalue weighted by Gasteiger charge is 2.33. The maximum atomic E-state index is 13.0. The van der Waals surface area contributed by atoms with E-state index in [-0.39, 0.29) is 10.8 Å². The fourth-order valence-corrected chi connectivity index (χ4v) is 5.11. The minimum Gasteiger partial charge on any atom is -0.338 e. The van der Waals surface area contributed by atoms with E-state index in [9.17, 15) is 17.6 Å². The second kappa shape index (κ2) is 6.56. The molecule has 1 fully saturated rings. The molecule has 0 atom stereocenters. The van der Waals surface area contributed by atoms with E-state index >= 15 is 0 Å². The summed E-state index contributed by atoms with van der Waals surface area (Å²) in [5.74, 6) is -0.622. The van der Waals surface area contributed by atoms with Crippen molar-refractivity contribution in [2.24, 2.45) is 0 Å². The topological polar surface area (TPSA) is 80.2 Å². The summed E-state index contributed by atoms with van der Waals surface area (Å²) in [5, 5.41) is 3.27. The molecule has 6 nitrogen and oxygen atoms in total. The summed E-state index contributed by atoms with van der Waals surface area (Å²) >= 11 is 1.05. The lowest BCUT2D eigenvalue weighted by molar-refractivity contribution is 0.0729. The van der Waals surface area contributed by atoms with Crippen LogP contribution >= 0.6 is 11.5 Å². The van der Waals surface area contributed by atoms with Crippen LogP contribution in [0.3, 0.4) is 0 Å². The van der Waals surface area contributed by atoms with Gasteiger partial charge in [-0.2, -0.15) is 0 Å². The number of amides is 1. The van der Waals surface area contributed by atoms with Crippen molar-refractivity contribution < 1.29 is 17.6 Å². The van der Waals surface area contributed by atoms with E-state index in [1.807, 2.05) is 0 Å². The number of aryl methyl sites for hydroxylation is 1. The number of halogens is 1. The van der Waals surface area contributed by atoms with Gasteiger partial charge < -0.3 is 4.90 Å². The van der Waals surface area contributed by atoms with Crippen LogP contribution in [0.15, 0.2) is 29.2 Å². The second-order valence-electron chi connectivity index (χ2n) is 5.68. The molecule has 2 aromatic rings. The van der Waals surface area contributed by atoms with Gasteiger partial charge in [-0.05, 0) is 55.6 Å². The third-order valence-electron chi connectivity index (χ3n) is 4.16. The minimum absolute atomic E-state index is 0.121. The zero-order valence-corrected chi connectivity index (χ0v) is 14.6. The number of hydrogen-bond acceptors (Lipinski definition) is 6. The van der Waals surface area contributed by atoms with Crippen molar-refractivity contribution in [3.63, 3.8) is 0 Å². The molecule has 1 saturated heterocycles. The van der Waals surface area contributed by atoms with Crippen LogP contribution in [0.4, 0.5) is 4.39 Å². The van der Waals surface area contributed by atoms with Gasteiger partial charge in [-0.3, -0.25) is 4.79 Å². The number of aromatic nitrogens is 2. The molecule has 128 valence electrons. The Morgan fingerprint density at radius 2 is 1.88 bits per heavy atom. The highest BCUT2D eigenvalue weighted by atomic mass is 32.2. The molecule has 0 aliphatic carbocycles. The van der Waals surface area contributed by atoms with Gasteiger partial charge in [-0.25, -0.2) is 12.8 Å². The van der Waals surface area contributed by atoms with Crippen LogP contribution in [-0.4, -0.2) is 47.2 Å². The van der Waals surface area contributed by atoms with Crippen LogP contribution in [-0.2, 0) is 9.84 Å². The first-order valence-electron chi connectivity index (χ1n) is 7.47. The maximum Gasteiger partial charge on any atom is 0.267 e. The van der Waals surface area contributed by atoms with E-state index in [1.54, 1.807) is 11.8 Å². The van der Waals surface area contributed by atoms with Crippen molar-refractivity contribution in [3.8, 4) is 0 Å². The molecule has 1 aliphatic rings. The van der Waals surface area contributed by atoms with Gasteiger partial charge in [0.2, 0.25) is 0 Å². The van der Waals surface area contributed by atoms with Crippen molar-refractivity contribution in [1.29, 1.82) is 0 Å². The first kappa shape index (κ1) is 17.0. The maximum absolute atomic E-state index is 13.0. The van der Waals surface area contributed by atoms with Gasteiger partial charge in [0.25, 0.3) is 5.91 Å². The number of carbonyl (C=O) groups excluding carboxylic acids is 1. The number of piperidine rings is 1. The Morgan fingerprint density at radius 3 is 2.42 bits per heavy atom. The molecule has 1 aliphatic heterocycles. The number of sulfone groups is 1. The molecule has 0 unspecified atom stereocenters. The number of hydrogen-bond donors (Lipinski definition) is 0. The summed E-state index contributed by atoms with van der Waals surface area (Å²) in [4.78, 5) is 14.7. The Kier molecular flexibility index (Phi) is 4.64. The van der Waals surface area contributed by atoms with Gasteiger partial charge in [0.15, 0.2) is 9.84 Å². The van der Waals surface area contributed by atoms with Crippen molar-refractivity contribution in [2.45, 2.75) is 29.9 Å². The fraction of sp³-hybridized carbons (Fsp3) is 0.400. The Balaban J connectivity index is 1.69. The van der Waals surface area contributed by atoms with Crippen LogP contribution in [0.2, 0.25) is 0 Å². The normalized spacial score (nSPS) is 16.3. The molecule has 2 heterocycles. The van der Waals surface area contributed by atoms with Gasteiger partial charge in [0.1, 0.15) is 10.7 Å². The minimum atomic E-state index is -3.52. The van der Waals surface area contributed by atoms with E-state index in [4.69, 9.17) is 0 Å². The summed E-state index contributed by atoms with van der Waals surface area (Å²) in [5.41, 5.74) is 0.589. The summed E-state index contributed by atoms with van der Waals surface area (Å²) in [6.07, 6.45) is 0.716. The average Bonchev–Trinajstić information content (AvgIpc) is 3.01. The molecule has 0 spiro atoms. The zero-order chi connectivity index (χ0) is 17.3. The molecule has 1 aromatic heterocycles. The standard InChI is InChI=1S/C15H16FN3O3S2/c1-10-14(23-18-17-10)15(20)19-8-6-13(7-9-19)24(21,22)12-4-2-11(16)3-5-12/h2-5,13H,6-9H2,1H3. The van der Waals surface area contributed by atoms with Crippen LogP contribution in [0, 0.1) is 12.7 Å². The van der Waals surface area contributed by atoms with Crippen molar-refractivity contribution in [3.05, 3.63) is 40.7 Å². The molecule has 9 heteroatoms. The number of likely N-dealkylation sites (tertiary alicyclic amines) is 1. The number of carbonyl (C=O) groups is 1. The molecular weight excluding hydrogens is 353 g/mol. The predicted octanol–water partition coefficient (Wildman–Crippen LogP) is 2.06. The molecule has 0 saturated carbocycles. The number of rotatable bonds is 3. The van der Waals surface area contributed by atoms with Gasteiger partial charge >= 0.3 is 0 Å². The fourth-order valence-electron chi connectivity index (χ4n) is 2.76. The first-order chi connectivity index (χ1) is 11.4. The SMILES string of the molecule is Cc1nnsc1C(=O)N1CCC(S(=O)(=O)c2ccc(F)cc2)CC1. The van der Waals surface area contributed by atoms with E-state index in [0.717, 1.165) is 23.7 Å². The first-order valence-corrected chi connectivity index (χ1v) is 9.79.